The lowest BCUT2D eigenvalue weighted by atomic mass is 9.90. The number of piperidine rings is 1. The molecule has 2 rings (SSSR count). The molecular formula is C13H19FN2. The van der Waals surface area contributed by atoms with Crippen LogP contribution in [0.4, 0.5) is 4.39 Å². The lowest BCUT2D eigenvalue weighted by molar-refractivity contribution is 0.336. The van der Waals surface area contributed by atoms with Crippen LogP contribution in [0.1, 0.15) is 30.9 Å². The van der Waals surface area contributed by atoms with E-state index in [-0.39, 0.29) is 11.9 Å². The summed E-state index contributed by atoms with van der Waals surface area (Å²) in [5.74, 6) is 0.462. The molecule has 88 valence electrons. The monoisotopic (exact) mass is 222 g/mol. The van der Waals surface area contributed by atoms with Gasteiger partial charge in [0.2, 0.25) is 0 Å². The second-order valence-electron chi connectivity index (χ2n) is 4.61. The van der Waals surface area contributed by atoms with Gasteiger partial charge in [-0.25, -0.2) is 4.39 Å². The molecule has 0 bridgehead atoms. The first-order valence-corrected chi connectivity index (χ1v) is 5.97. The van der Waals surface area contributed by atoms with Crippen molar-refractivity contribution in [3.8, 4) is 0 Å². The topological polar surface area (TPSA) is 38.0 Å². The largest absolute Gasteiger partial charge is 0.324 e. The molecule has 3 heteroatoms. The SMILES string of the molecule is NC(CC1CCCNC1)c1ccc(F)cc1. The van der Waals surface area contributed by atoms with Crippen molar-refractivity contribution < 1.29 is 4.39 Å². The van der Waals surface area contributed by atoms with Crippen molar-refractivity contribution in [3.05, 3.63) is 35.6 Å². The molecule has 1 fully saturated rings. The van der Waals surface area contributed by atoms with E-state index in [2.05, 4.69) is 5.32 Å². The average molecular weight is 222 g/mol. The van der Waals surface area contributed by atoms with Gasteiger partial charge in [0.25, 0.3) is 0 Å². The Morgan fingerprint density at radius 2 is 2.12 bits per heavy atom. The smallest absolute Gasteiger partial charge is 0.123 e. The van der Waals surface area contributed by atoms with Crippen LogP contribution in [0.15, 0.2) is 24.3 Å². The summed E-state index contributed by atoms with van der Waals surface area (Å²) in [6.07, 6.45) is 3.47. The maximum atomic E-state index is 12.8. The van der Waals surface area contributed by atoms with Crippen LogP contribution in [-0.2, 0) is 0 Å². The summed E-state index contributed by atoms with van der Waals surface area (Å²) < 4.78 is 12.8. The first kappa shape index (κ1) is 11.6. The highest BCUT2D eigenvalue weighted by Gasteiger charge is 2.17. The number of hydrogen-bond acceptors (Lipinski definition) is 2. The summed E-state index contributed by atoms with van der Waals surface area (Å²) in [4.78, 5) is 0. The van der Waals surface area contributed by atoms with Crippen LogP contribution >= 0.6 is 0 Å². The van der Waals surface area contributed by atoms with E-state index in [0.29, 0.717) is 5.92 Å². The van der Waals surface area contributed by atoms with Crippen LogP contribution in [0, 0.1) is 11.7 Å². The zero-order valence-corrected chi connectivity index (χ0v) is 9.45. The predicted molar refractivity (Wildman–Crippen MR) is 63.5 cm³/mol. The number of hydrogen-bond donors (Lipinski definition) is 2. The zero-order chi connectivity index (χ0) is 11.4. The minimum absolute atomic E-state index is 0.0329. The summed E-state index contributed by atoms with van der Waals surface area (Å²) >= 11 is 0. The molecule has 1 aliphatic rings. The molecule has 0 saturated carbocycles. The van der Waals surface area contributed by atoms with Crippen molar-refractivity contribution in [2.75, 3.05) is 13.1 Å². The molecule has 1 saturated heterocycles. The van der Waals surface area contributed by atoms with E-state index in [1.54, 1.807) is 12.1 Å². The van der Waals surface area contributed by atoms with E-state index >= 15 is 0 Å². The van der Waals surface area contributed by atoms with Gasteiger partial charge in [0.1, 0.15) is 5.82 Å². The van der Waals surface area contributed by atoms with Crippen molar-refractivity contribution in [3.63, 3.8) is 0 Å². The maximum absolute atomic E-state index is 12.8. The number of nitrogens with two attached hydrogens (primary N) is 1. The van der Waals surface area contributed by atoms with E-state index in [4.69, 9.17) is 5.73 Å². The quantitative estimate of drug-likeness (QED) is 0.823. The van der Waals surface area contributed by atoms with Gasteiger partial charge in [-0.1, -0.05) is 12.1 Å². The van der Waals surface area contributed by atoms with Gasteiger partial charge in [-0.3, -0.25) is 0 Å². The number of halogens is 1. The van der Waals surface area contributed by atoms with Crippen LogP contribution in [0.3, 0.4) is 0 Å². The third-order valence-corrected chi connectivity index (χ3v) is 3.28. The summed E-state index contributed by atoms with van der Waals surface area (Å²) in [7, 11) is 0. The van der Waals surface area contributed by atoms with Gasteiger partial charge in [-0.2, -0.15) is 0 Å². The number of rotatable bonds is 3. The van der Waals surface area contributed by atoms with Crippen LogP contribution in [-0.4, -0.2) is 13.1 Å². The molecule has 0 aliphatic carbocycles. The van der Waals surface area contributed by atoms with E-state index in [1.807, 2.05) is 0 Å². The Morgan fingerprint density at radius 3 is 2.75 bits per heavy atom. The van der Waals surface area contributed by atoms with Crippen molar-refractivity contribution in [1.29, 1.82) is 0 Å². The fourth-order valence-electron chi connectivity index (χ4n) is 2.33. The van der Waals surface area contributed by atoms with Crippen LogP contribution in [0.5, 0.6) is 0 Å². The van der Waals surface area contributed by atoms with Gasteiger partial charge in [0.15, 0.2) is 0 Å². The van der Waals surface area contributed by atoms with E-state index in [9.17, 15) is 4.39 Å². The fraction of sp³-hybridized carbons (Fsp3) is 0.538. The summed E-state index contributed by atoms with van der Waals surface area (Å²) in [5.41, 5.74) is 7.16. The zero-order valence-electron chi connectivity index (χ0n) is 9.45. The number of nitrogens with one attached hydrogen (secondary N) is 1. The Morgan fingerprint density at radius 1 is 1.38 bits per heavy atom. The first-order valence-electron chi connectivity index (χ1n) is 5.97. The van der Waals surface area contributed by atoms with Gasteiger partial charge in [0, 0.05) is 6.04 Å². The van der Waals surface area contributed by atoms with Gasteiger partial charge >= 0.3 is 0 Å². The average Bonchev–Trinajstić information content (AvgIpc) is 2.31. The molecule has 0 radical (unpaired) electrons. The number of benzene rings is 1. The predicted octanol–water partition coefficient (Wildman–Crippen LogP) is 2.22. The van der Waals surface area contributed by atoms with E-state index < -0.39 is 0 Å². The minimum atomic E-state index is -0.199. The van der Waals surface area contributed by atoms with Gasteiger partial charge < -0.3 is 11.1 Å². The van der Waals surface area contributed by atoms with Crippen LogP contribution in [0.25, 0.3) is 0 Å². The second kappa shape index (κ2) is 5.41. The van der Waals surface area contributed by atoms with Crippen molar-refractivity contribution >= 4 is 0 Å². The minimum Gasteiger partial charge on any atom is -0.324 e. The Balaban J connectivity index is 1.91. The second-order valence-corrected chi connectivity index (χ2v) is 4.61. The van der Waals surface area contributed by atoms with E-state index in [0.717, 1.165) is 25.1 Å². The van der Waals surface area contributed by atoms with Crippen LogP contribution < -0.4 is 11.1 Å². The van der Waals surface area contributed by atoms with E-state index in [1.165, 1.54) is 25.0 Å². The third-order valence-electron chi connectivity index (χ3n) is 3.28. The lowest BCUT2D eigenvalue weighted by Gasteiger charge is -2.25. The molecule has 2 nitrogen and oxygen atoms in total. The fourth-order valence-corrected chi connectivity index (χ4v) is 2.33. The molecule has 2 atom stereocenters. The molecule has 1 aromatic rings. The molecular weight excluding hydrogens is 203 g/mol. The Kier molecular flexibility index (Phi) is 3.91. The standard InChI is InChI=1S/C13H19FN2/c14-12-5-3-11(4-6-12)13(15)8-10-2-1-7-16-9-10/h3-6,10,13,16H,1-2,7-9,15H2. The highest BCUT2D eigenvalue weighted by Crippen LogP contribution is 2.23. The molecule has 0 aromatic heterocycles. The molecule has 3 N–H and O–H groups in total. The Hall–Kier alpha value is -0.930. The van der Waals surface area contributed by atoms with Crippen molar-refractivity contribution in [2.24, 2.45) is 11.7 Å². The Labute approximate surface area is 96.0 Å². The van der Waals surface area contributed by atoms with Crippen molar-refractivity contribution in [1.82, 2.24) is 5.32 Å². The lowest BCUT2D eigenvalue weighted by Crippen LogP contribution is -2.31. The first-order chi connectivity index (χ1) is 7.75. The van der Waals surface area contributed by atoms with Gasteiger partial charge in [0.05, 0.1) is 0 Å². The normalized spacial score (nSPS) is 23.0. The summed E-state index contributed by atoms with van der Waals surface area (Å²) in [5, 5.41) is 3.39. The van der Waals surface area contributed by atoms with Gasteiger partial charge in [-0.15, -0.1) is 0 Å². The highest BCUT2D eigenvalue weighted by atomic mass is 19.1. The maximum Gasteiger partial charge on any atom is 0.123 e. The molecule has 0 amide bonds. The van der Waals surface area contributed by atoms with Crippen LogP contribution in [0.2, 0.25) is 0 Å². The Bertz CT molecular complexity index is 317. The third kappa shape index (κ3) is 3.03. The molecule has 2 unspecified atom stereocenters. The molecule has 1 heterocycles. The van der Waals surface area contributed by atoms with Gasteiger partial charge in [-0.05, 0) is 56.0 Å². The molecule has 1 aliphatic heterocycles. The summed E-state index contributed by atoms with van der Waals surface area (Å²) in [6, 6.07) is 6.57. The van der Waals surface area contributed by atoms with Crippen molar-refractivity contribution in [2.45, 2.75) is 25.3 Å². The molecule has 0 spiro atoms. The highest BCUT2D eigenvalue weighted by molar-refractivity contribution is 5.19. The molecule has 16 heavy (non-hydrogen) atoms. The summed E-state index contributed by atoms with van der Waals surface area (Å²) in [6.45, 7) is 2.19. The molecule has 1 aromatic carbocycles.